The van der Waals surface area contributed by atoms with Crippen LogP contribution in [0.4, 0.5) is 0 Å². The van der Waals surface area contributed by atoms with Crippen LogP contribution >= 0.6 is 0 Å². The molecule has 0 spiro atoms. The number of aryl methyl sites for hydroxylation is 1. The van der Waals surface area contributed by atoms with Crippen molar-refractivity contribution in [1.29, 1.82) is 0 Å². The van der Waals surface area contributed by atoms with Crippen LogP contribution in [0.15, 0.2) is 18.2 Å². The zero-order valence-corrected chi connectivity index (χ0v) is 11.4. The number of ketones is 1. The molecule has 1 aromatic carbocycles. The summed E-state index contributed by atoms with van der Waals surface area (Å²) in [5, 5.41) is 0. The Balaban J connectivity index is 2.93. The summed E-state index contributed by atoms with van der Waals surface area (Å²) in [7, 11) is 0. The van der Waals surface area contributed by atoms with Crippen molar-refractivity contribution in [3.05, 3.63) is 29.3 Å². The van der Waals surface area contributed by atoms with Crippen LogP contribution in [0.1, 0.15) is 38.3 Å². The van der Waals surface area contributed by atoms with Crippen molar-refractivity contribution in [2.75, 3.05) is 0 Å². The van der Waals surface area contributed by atoms with Gasteiger partial charge in [-0.1, -0.05) is 26.0 Å². The van der Waals surface area contributed by atoms with Crippen LogP contribution in [-0.4, -0.2) is 11.8 Å². The molecule has 3 heteroatoms. The molecule has 0 aliphatic rings. The van der Waals surface area contributed by atoms with Gasteiger partial charge in [0.05, 0.1) is 5.92 Å². The standard InChI is InChI=1S/C15H20O3/c1-10(2)15(17)18-14-7-5-6-11(3)13(14)9-8-12(4)16/h5-7,10H,8-9H2,1-4H3. The Morgan fingerprint density at radius 2 is 1.94 bits per heavy atom. The van der Waals surface area contributed by atoms with Crippen molar-refractivity contribution in [2.45, 2.75) is 40.5 Å². The van der Waals surface area contributed by atoms with E-state index in [-0.39, 0.29) is 17.7 Å². The first-order chi connectivity index (χ1) is 8.41. The Labute approximate surface area is 108 Å². The normalized spacial score (nSPS) is 10.5. The van der Waals surface area contributed by atoms with E-state index in [0.717, 1.165) is 11.1 Å². The van der Waals surface area contributed by atoms with Crippen LogP contribution in [-0.2, 0) is 16.0 Å². The average molecular weight is 248 g/mol. The predicted octanol–water partition coefficient (Wildman–Crippen LogP) is 3.08. The molecule has 1 aromatic rings. The first-order valence-electron chi connectivity index (χ1n) is 6.21. The number of carbonyl (C=O) groups is 2. The van der Waals surface area contributed by atoms with Gasteiger partial charge in [0.25, 0.3) is 0 Å². The third kappa shape index (κ3) is 3.99. The second-order valence-corrected chi connectivity index (χ2v) is 4.83. The van der Waals surface area contributed by atoms with Gasteiger partial charge in [-0.15, -0.1) is 0 Å². The maximum absolute atomic E-state index is 11.6. The molecule has 0 atom stereocenters. The number of Topliss-reactive ketones (excluding diaryl/α,β-unsaturated/α-hetero) is 1. The monoisotopic (exact) mass is 248 g/mol. The number of hydrogen-bond donors (Lipinski definition) is 0. The van der Waals surface area contributed by atoms with E-state index in [9.17, 15) is 9.59 Å². The van der Waals surface area contributed by atoms with Crippen molar-refractivity contribution in [3.63, 3.8) is 0 Å². The van der Waals surface area contributed by atoms with Gasteiger partial charge in [0.2, 0.25) is 0 Å². The number of carbonyl (C=O) groups excluding carboxylic acids is 2. The SMILES string of the molecule is CC(=O)CCc1c(C)cccc1OC(=O)C(C)C. The number of benzene rings is 1. The maximum atomic E-state index is 11.6. The molecule has 0 aromatic heterocycles. The minimum Gasteiger partial charge on any atom is -0.426 e. The molecule has 0 saturated carbocycles. The summed E-state index contributed by atoms with van der Waals surface area (Å²) < 4.78 is 5.37. The molecule has 0 bridgehead atoms. The van der Waals surface area contributed by atoms with Crippen LogP contribution in [0, 0.1) is 12.8 Å². The third-order valence-electron chi connectivity index (χ3n) is 2.78. The van der Waals surface area contributed by atoms with Gasteiger partial charge in [-0.2, -0.15) is 0 Å². The van der Waals surface area contributed by atoms with Gasteiger partial charge in [-0.05, 0) is 37.5 Å². The van der Waals surface area contributed by atoms with Gasteiger partial charge >= 0.3 is 5.97 Å². The van der Waals surface area contributed by atoms with Crippen LogP contribution in [0.3, 0.4) is 0 Å². The van der Waals surface area contributed by atoms with E-state index in [1.807, 2.05) is 19.1 Å². The topological polar surface area (TPSA) is 43.4 Å². The predicted molar refractivity (Wildman–Crippen MR) is 70.7 cm³/mol. The zero-order valence-electron chi connectivity index (χ0n) is 11.4. The molecule has 0 heterocycles. The second kappa shape index (κ2) is 6.34. The van der Waals surface area contributed by atoms with E-state index in [4.69, 9.17) is 4.74 Å². The Kier molecular flexibility index (Phi) is 5.08. The number of esters is 1. The smallest absolute Gasteiger partial charge is 0.313 e. The Morgan fingerprint density at radius 3 is 2.50 bits per heavy atom. The molecule has 0 aliphatic carbocycles. The summed E-state index contributed by atoms with van der Waals surface area (Å²) in [6, 6.07) is 5.60. The van der Waals surface area contributed by atoms with E-state index in [1.165, 1.54) is 0 Å². The van der Waals surface area contributed by atoms with Gasteiger partial charge in [0, 0.05) is 6.42 Å². The van der Waals surface area contributed by atoms with Crippen molar-refractivity contribution < 1.29 is 14.3 Å². The van der Waals surface area contributed by atoms with E-state index in [2.05, 4.69) is 0 Å². The van der Waals surface area contributed by atoms with E-state index >= 15 is 0 Å². The second-order valence-electron chi connectivity index (χ2n) is 4.83. The summed E-state index contributed by atoms with van der Waals surface area (Å²) in [6.45, 7) is 7.13. The van der Waals surface area contributed by atoms with Crippen molar-refractivity contribution in [2.24, 2.45) is 5.92 Å². The lowest BCUT2D eigenvalue weighted by atomic mass is 10.0. The van der Waals surface area contributed by atoms with Crippen LogP contribution in [0.5, 0.6) is 5.75 Å². The quantitative estimate of drug-likeness (QED) is 0.594. The molecule has 0 aliphatic heterocycles. The molecule has 98 valence electrons. The van der Waals surface area contributed by atoms with Crippen LogP contribution in [0.25, 0.3) is 0 Å². The summed E-state index contributed by atoms with van der Waals surface area (Å²) in [4.78, 5) is 22.7. The fourth-order valence-corrected chi connectivity index (χ4v) is 1.62. The van der Waals surface area contributed by atoms with Gasteiger partial charge in [-0.25, -0.2) is 0 Å². The van der Waals surface area contributed by atoms with Crippen molar-refractivity contribution in [1.82, 2.24) is 0 Å². The molecule has 0 fully saturated rings. The van der Waals surface area contributed by atoms with Gasteiger partial charge in [-0.3, -0.25) is 4.79 Å². The van der Waals surface area contributed by atoms with E-state index in [1.54, 1.807) is 26.8 Å². The molecule has 0 N–H and O–H groups in total. The molecule has 0 amide bonds. The zero-order chi connectivity index (χ0) is 13.7. The van der Waals surface area contributed by atoms with Crippen LogP contribution < -0.4 is 4.74 Å². The fraction of sp³-hybridized carbons (Fsp3) is 0.467. The molecule has 18 heavy (non-hydrogen) atoms. The van der Waals surface area contributed by atoms with Gasteiger partial charge < -0.3 is 9.53 Å². The Morgan fingerprint density at radius 1 is 1.28 bits per heavy atom. The number of hydrogen-bond acceptors (Lipinski definition) is 3. The number of ether oxygens (including phenoxy) is 1. The highest BCUT2D eigenvalue weighted by atomic mass is 16.5. The summed E-state index contributed by atoms with van der Waals surface area (Å²) in [6.07, 6.45) is 1.08. The highest BCUT2D eigenvalue weighted by molar-refractivity contribution is 5.76. The first kappa shape index (κ1) is 14.4. The lowest BCUT2D eigenvalue weighted by Gasteiger charge is -2.13. The van der Waals surface area contributed by atoms with E-state index < -0.39 is 0 Å². The maximum Gasteiger partial charge on any atom is 0.313 e. The van der Waals surface area contributed by atoms with Crippen LogP contribution in [0.2, 0.25) is 0 Å². The summed E-state index contributed by atoms with van der Waals surface area (Å²) in [5.41, 5.74) is 1.99. The first-order valence-corrected chi connectivity index (χ1v) is 6.21. The molecule has 0 saturated heterocycles. The largest absolute Gasteiger partial charge is 0.426 e. The minimum atomic E-state index is -0.246. The highest BCUT2D eigenvalue weighted by Gasteiger charge is 2.14. The van der Waals surface area contributed by atoms with Gasteiger partial charge in [0.1, 0.15) is 11.5 Å². The molecule has 3 nitrogen and oxygen atoms in total. The molecular weight excluding hydrogens is 228 g/mol. The summed E-state index contributed by atoms with van der Waals surface area (Å²) >= 11 is 0. The van der Waals surface area contributed by atoms with Crippen molar-refractivity contribution >= 4 is 11.8 Å². The minimum absolute atomic E-state index is 0.138. The number of rotatable bonds is 5. The summed E-state index contributed by atoms with van der Waals surface area (Å²) in [5.74, 6) is 0.310. The molecule has 1 rings (SSSR count). The third-order valence-corrected chi connectivity index (χ3v) is 2.78. The lowest BCUT2D eigenvalue weighted by Crippen LogP contribution is -2.16. The highest BCUT2D eigenvalue weighted by Crippen LogP contribution is 2.24. The molecular formula is C15H20O3. The fourth-order valence-electron chi connectivity index (χ4n) is 1.62. The Bertz CT molecular complexity index is 447. The van der Waals surface area contributed by atoms with Crippen molar-refractivity contribution in [3.8, 4) is 5.75 Å². The molecule has 0 unspecified atom stereocenters. The van der Waals surface area contributed by atoms with E-state index in [0.29, 0.717) is 18.6 Å². The van der Waals surface area contributed by atoms with Gasteiger partial charge in [0.15, 0.2) is 0 Å². The average Bonchev–Trinajstić information content (AvgIpc) is 2.27. The Hall–Kier alpha value is -1.64. The molecule has 0 radical (unpaired) electrons. The lowest BCUT2D eigenvalue weighted by molar-refractivity contribution is -0.137.